The summed E-state index contributed by atoms with van der Waals surface area (Å²) in [6.45, 7) is -0.276. The molecule has 0 bridgehead atoms. The summed E-state index contributed by atoms with van der Waals surface area (Å²) >= 11 is 0. The first-order valence-corrected chi connectivity index (χ1v) is 8.19. The van der Waals surface area contributed by atoms with E-state index in [0.717, 1.165) is 35.2 Å². The lowest BCUT2D eigenvalue weighted by Crippen LogP contribution is -2.27. The second-order valence-electron chi connectivity index (χ2n) is 6.24. The average molecular weight is 412 g/mol. The second kappa shape index (κ2) is 7.49. The van der Waals surface area contributed by atoms with E-state index in [9.17, 15) is 37.3 Å². The molecule has 1 heterocycles. The van der Waals surface area contributed by atoms with Crippen molar-refractivity contribution < 1.29 is 36.8 Å². The monoisotopic (exact) mass is 412 g/mol. The van der Waals surface area contributed by atoms with Gasteiger partial charge in [-0.1, -0.05) is 6.07 Å². The molecule has 152 valence electrons. The molecule has 0 saturated carbocycles. The van der Waals surface area contributed by atoms with Gasteiger partial charge in [0.2, 0.25) is 11.7 Å². The van der Waals surface area contributed by atoms with Crippen LogP contribution >= 0.6 is 0 Å². The highest BCUT2D eigenvalue weighted by Gasteiger charge is 2.38. The number of carbonyl (C=O) groups excluding carboxylic acids is 2. The lowest BCUT2D eigenvalue weighted by atomic mass is 10.1. The molecule has 1 amide bonds. The van der Waals surface area contributed by atoms with E-state index in [1.165, 1.54) is 6.07 Å². The number of nitro groups is 1. The summed E-state index contributed by atoms with van der Waals surface area (Å²) in [7, 11) is 0. The van der Waals surface area contributed by atoms with Crippen molar-refractivity contribution in [2.75, 3.05) is 11.4 Å². The summed E-state index contributed by atoms with van der Waals surface area (Å²) in [6, 6.07) is 6.36. The number of anilines is 1. The van der Waals surface area contributed by atoms with Gasteiger partial charge in [0.25, 0.3) is 0 Å². The molecular formula is C18H12F4N2O5. The van der Waals surface area contributed by atoms with E-state index in [0.29, 0.717) is 6.07 Å². The van der Waals surface area contributed by atoms with Crippen molar-refractivity contribution >= 4 is 23.3 Å². The number of carbonyl (C=O) groups is 2. The average Bonchev–Trinajstić information content (AvgIpc) is 3.03. The van der Waals surface area contributed by atoms with E-state index in [-0.39, 0.29) is 18.7 Å². The third-order valence-electron chi connectivity index (χ3n) is 4.27. The van der Waals surface area contributed by atoms with E-state index in [1.54, 1.807) is 0 Å². The number of nitrogens with zero attached hydrogens (tertiary/aromatic N) is 2. The molecular weight excluding hydrogens is 400 g/mol. The quantitative estimate of drug-likeness (QED) is 0.251. The largest absolute Gasteiger partial charge is 0.419 e. The first-order chi connectivity index (χ1) is 13.6. The Morgan fingerprint density at radius 2 is 1.93 bits per heavy atom. The van der Waals surface area contributed by atoms with Gasteiger partial charge in [-0.05, 0) is 24.3 Å². The fourth-order valence-electron chi connectivity index (χ4n) is 2.88. The Hall–Kier alpha value is -3.50. The summed E-state index contributed by atoms with van der Waals surface area (Å²) in [4.78, 5) is 35.6. The fourth-order valence-corrected chi connectivity index (χ4v) is 2.88. The van der Waals surface area contributed by atoms with Crippen molar-refractivity contribution in [1.82, 2.24) is 0 Å². The zero-order valence-corrected chi connectivity index (χ0v) is 14.5. The highest BCUT2D eigenvalue weighted by molar-refractivity contribution is 5.99. The van der Waals surface area contributed by atoms with Crippen LogP contribution in [0, 0.1) is 21.8 Å². The molecule has 1 saturated heterocycles. The van der Waals surface area contributed by atoms with Crippen molar-refractivity contribution in [3.63, 3.8) is 0 Å². The van der Waals surface area contributed by atoms with Crippen LogP contribution in [-0.4, -0.2) is 23.3 Å². The SMILES string of the molecule is O=C(Oc1cc(F)ccc1[N+](=O)[O-])C1CC(=O)N(c2cccc(C(F)(F)F)c2)C1. The molecule has 2 aromatic rings. The fraction of sp³-hybridized carbons (Fsp3) is 0.222. The van der Waals surface area contributed by atoms with Gasteiger partial charge in [-0.3, -0.25) is 19.7 Å². The molecule has 7 nitrogen and oxygen atoms in total. The van der Waals surface area contributed by atoms with Crippen LogP contribution in [0.15, 0.2) is 42.5 Å². The van der Waals surface area contributed by atoms with Gasteiger partial charge in [0.15, 0.2) is 0 Å². The number of rotatable bonds is 4. The maximum absolute atomic E-state index is 13.3. The molecule has 11 heteroatoms. The normalized spacial score (nSPS) is 16.8. The number of ether oxygens (including phenoxy) is 1. The topological polar surface area (TPSA) is 89.7 Å². The number of hydrogen-bond acceptors (Lipinski definition) is 5. The van der Waals surface area contributed by atoms with Crippen LogP contribution in [0.2, 0.25) is 0 Å². The Labute approximate surface area is 160 Å². The molecule has 0 N–H and O–H groups in total. The lowest BCUT2D eigenvalue weighted by Gasteiger charge is -2.18. The highest BCUT2D eigenvalue weighted by atomic mass is 19.4. The number of alkyl halides is 3. The van der Waals surface area contributed by atoms with Crippen LogP contribution in [0.3, 0.4) is 0 Å². The standard InChI is InChI=1S/C18H12F4N2O5/c19-12-4-5-14(24(27)28)15(8-12)29-17(26)10-6-16(25)23(9-10)13-3-1-2-11(7-13)18(20,21)22/h1-5,7-8,10H,6,9H2. The van der Waals surface area contributed by atoms with Gasteiger partial charge < -0.3 is 9.64 Å². The van der Waals surface area contributed by atoms with Gasteiger partial charge in [-0.15, -0.1) is 0 Å². The van der Waals surface area contributed by atoms with Crippen LogP contribution < -0.4 is 9.64 Å². The van der Waals surface area contributed by atoms with E-state index in [4.69, 9.17) is 4.74 Å². The van der Waals surface area contributed by atoms with Crippen molar-refractivity contribution in [3.8, 4) is 5.75 Å². The zero-order valence-electron chi connectivity index (χ0n) is 14.5. The lowest BCUT2D eigenvalue weighted by molar-refractivity contribution is -0.385. The van der Waals surface area contributed by atoms with E-state index < -0.39 is 51.7 Å². The van der Waals surface area contributed by atoms with Gasteiger partial charge >= 0.3 is 17.8 Å². The van der Waals surface area contributed by atoms with E-state index in [2.05, 4.69) is 0 Å². The van der Waals surface area contributed by atoms with Gasteiger partial charge in [-0.2, -0.15) is 13.2 Å². The van der Waals surface area contributed by atoms with Gasteiger partial charge in [0, 0.05) is 30.8 Å². The summed E-state index contributed by atoms with van der Waals surface area (Å²) in [5.41, 5.74) is -1.64. The third-order valence-corrected chi connectivity index (χ3v) is 4.27. The summed E-state index contributed by atoms with van der Waals surface area (Å²) < 4.78 is 56.9. The Kier molecular flexibility index (Phi) is 5.23. The van der Waals surface area contributed by atoms with Crippen molar-refractivity contribution in [1.29, 1.82) is 0 Å². The van der Waals surface area contributed by atoms with Gasteiger partial charge in [-0.25, -0.2) is 4.39 Å². The zero-order chi connectivity index (χ0) is 21.3. The van der Waals surface area contributed by atoms with Crippen LogP contribution in [0.1, 0.15) is 12.0 Å². The molecule has 1 fully saturated rings. The van der Waals surface area contributed by atoms with Crippen molar-refractivity contribution in [2.24, 2.45) is 5.92 Å². The van der Waals surface area contributed by atoms with Crippen molar-refractivity contribution in [2.45, 2.75) is 12.6 Å². The molecule has 29 heavy (non-hydrogen) atoms. The smallest absolute Gasteiger partial charge is 0.416 e. The first kappa shape index (κ1) is 20.2. The number of benzene rings is 2. The number of halogens is 4. The summed E-state index contributed by atoms with van der Waals surface area (Å²) in [5.74, 6) is -4.21. The van der Waals surface area contributed by atoms with Crippen LogP contribution in [0.25, 0.3) is 0 Å². The molecule has 1 unspecified atom stereocenters. The maximum Gasteiger partial charge on any atom is 0.416 e. The Bertz CT molecular complexity index is 992. The Balaban J connectivity index is 1.78. The predicted octanol–water partition coefficient (Wildman–Crippen LogP) is 3.71. The molecule has 2 aromatic carbocycles. The van der Waals surface area contributed by atoms with Gasteiger partial charge in [0.1, 0.15) is 5.82 Å². The predicted molar refractivity (Wildman–Crippen MR) is 90.6 cm³/mol. The van der Waals surface area contributed by atoms with E-state index in [1.807, 2.05) is 0 Å². The highest BCUT2D eigenvalue weighted by Crippen LogP contribution is 2.34. The minimum Gasteiger partial charge on any atom is -0.419 e. The molecule has 1 atom stereocenters. The minimum atomic E-state index is -4.60. The molecule has 0 aliphatic carbocycles. The molecule has 3 rings (SSSR count). The molecule has 0 radical (unpaired) electrons. The van der Waals surface area contributed by atoms with Crippen LogP contribution in [0.5, 0.6) is 5.75 Å². The number of amides is 1. The maximum atomic E-state index is 13.3. The summed E-state index contributed by atoms with van der Waals surface area (Å²) in [5, 5.41) is 11.0. The van der Waals surface area contributed by atoms with Crippen molar-refractivity contribution in [3.05, 3.63) is 64.0 Å². The molecule has 1 aliphatic rings. The van der Waals surface area contributed by atoms with Gasteiger partial charge in [0.05, 0.1) is 16.4 Å². The minimum absolute atomic E-state index is 0.0446. The van der Waals surface area contributed by atoms with E-state index >= 15 is 0 Å². The number of hydrogen-bond donors (Lipinski definition) is 0. The molecule has 1 aliphatic heterocycles. The second-order valence-corrected chi connectivity index (χ2v) is 6.24. The van der Waals surface area contributed by atoms with Crippen LogP contribution in [-0.2, 0) is 15.8 Å². The Morgan fingerprint density at radius 1 is 1.21 bits per heavy atom. The van der Waals surface area contributed by atoms with Crippen LogP contribution in [0.4, 0.5) is 28.9 Å². The molecule has 0 aromatic heterocycles. The number of esters is 1. The molecule has 0 spiro atoms. The summed E-state index contributed by atoms with van der Waals surface area (Å²) in [6.07, 6.45) is -4.97. The Morgan fingerprint density at radius 3 is 2.59 bits per heavy atom. The first-order valence-electron chi connectivity index (χ1n) is 8.19. The third kappa shape index (κ3) is 4.33. The number of nitro benzene ring substituents is 1.